The average molecular weight is 235 g/mol. The fraction of sp³-hybridized carbons (Fsp3) is 0.583. The van der Waals surface area contributed by atoms with Gasteiger partial charge in [0.25, 0.3) is 0 Å². The Hall–Kier alpha value is -1.65. The number of aryl methyl sites for hydroxylation is 1. The molecule has 5 heteroatoms. The minimum Gasteiger partial charge on any atom is -0.370 e. The van der Waals surface area contributed by atoms with Crippen LogP contribution in [0.15, 0.2) is 17.4 Å². The van der Waals surface area contributed by atoms with Crippen molar-refractivity contribution < 1.29 is 0 Å². The Bertz CT molecular complexity index is 375. The molecule has 0 aliphatic heterocycles. The molecule has 17 heavy (non-hydrogen) atoms. The minimum atomic E-state index is -0.0583. The second-order valence-corrected chi connectivity index (χ2v) is 5.04. The van der Waals surface area contributed by atoms with E-state index in [1.54, 1.807) is 12.4 Å². The molecule has 0 aliphatic rings. The van der Waals surface area contributed by atoms with Crippen LogP contribution in [-0.2, 0) is 6.42 Å². The van der Waals surface area contributed by atoms with Gasteiger partial charge in [-0.3, -0.25) is 15.0 Å². The van der Waals surface area contributed by atoms with Crippen LogP contribution in [0.5, 0.6) is 0 Å². The molecule has 0 fully saturated rings. The molecule has 1 aromatic heterocycles. The van der Waals surface area contributed by atoms with Crippen LogP contribution in [0.1, 0.15) is 32.2 Å². The summed E-state index contributed by atoms with van der Waals surface area (Å²) in [5.74, 6) is 0.470. The zero-order valence-electron chi connectivity index (χ0n) is 11.0. The van der Waals surface area contributed by atoms with Crippen LogP contribution in [0, 0.1) is 6.92 Å². The highest BCUT2D eigenvalue weighted by Crippen LogP contribution is 1.98. The number of nitrogens with two attached hydrogens (primary N) is 1. The number of hydrogen-bond donors (Lipinski definition) is 2. The number of nitrogens with zero attached hydrogens (tertiary/aromatic N) is 3. The van der Waals surface area contributed by atoms with Gasteiger partial charge >= 0.3 is 0 Å². The van der Waals surface area contributed by atoms with Crippen molar-refractivity contribution in [3.8, 4) is 0 Å². The van der Waals surface area contributed by atoms with Gasteiger partial charge in [0.2, 0.25) is 0 Å². The maximum absolute atomic E-state index is 5.75. The highest BCUT2D eigenvalue weighted by Gasteiger charge is 2.09. The Morgan fingerprint density at radius 3 is 2.59 bits per heavy atom. The molecule has 0 atom stereocenters. The topological polar surface area (TPSA) is 76.2 Å². The zero-order chi connectivity index (χ0) is 12.9. The predicted molar refractivity (Wildman–Crippen MR) is 69.9 cm³/mol. The van der Waals surface area contributed by atoms with Gasteiger partial charge < -0.3 is 11.1 Å². The molecule has 0 aromatic carbocycles. The second-order valence-electron chi connectivity index (χ2n) is 5.04. The van der Waals surface area contributed by atoms with E-state index in [2.05, 4.69) is 20.3 Å². The van der Waals surface area contributed by atoms with Crippen LogP contribution in [0.25, 0.3) is 0 Å². The van der Waals surface area contributed by atoms with Gasteiger partial charge in [0.15, 0.2) is 5.96 Å². The Morgan fingerprint density at radius 1 is 1.35 bits per heavy atom. The minimum absolute atomic E-state index is 0.0583. The Kier molecular flexibility index (Phi) is 4.43. The summed E-state index contributed by atoms with van der Waals surface area (Å²) in [5, 5.41) is 3.11. The standard InChI is InChI=1S/C12H21N5/c1-9-7-16-10(8-15-9)5-6-14-11(13)17-12(2,3)4/h7-8H,5-6H2,1-4H3,(H3,13,14,17). The van der Waals surface area contributed by atoms with Crippen molar-refractivity contribution in [1.82, 2.24) is 15.3 Å². The van der Waals surface area contributed by atoms with E-state index in [1.165, 1.54) is 0 Å². The monoisotopic (exact) mass is 235 g/mol. The smallest absolute Gasteiger partial charge is 0.188 e. The third-order valence-corrected chi connectivity index (χ3v) is 1.99. The molecule has 0 saturated heterocycles. The van der Waals surface area contributed by atoms with Crippen molar-refractivity contribution in [3.63, 3.8) is 0 Å². The van der Waals surface area contributed by atoms with Crippen molar-refractivity contribution in [2.24, 2.45) is 10.7 Å². The largest absolute Gasteiger partial charge is 0.370 e. The van der Waals surface area contributed by atoms with E-state index in [0.717, 1.165) is 17.8 Å². The van der Waals surface area contributed by atoms with Crippen LogP contribution >= 0.6 is 0 Å². The fourth-order valence-corrected chi connectivity index (χ4v) is 1.26. The van der Waals surface area contributed by atoms with E-state index in [9.17, 15) is 0 Å². The first-order valence-electron chi connectivity index (χ1n) is 5.72. The lowest BCUT2D eigenvalue weighted by Crippen LogP contribution is -2.45. The molecule has 0 unspecified atom stereocenters. The first-order chi connectivity index (χ1) is 7.87. The Morgan fingerprint density at radius 2 is 2.06 bits per heavy atom. The van der Waals surface area contributed by atoms with Crippen molar-refractivity contribution in [2.45, 2.75) is 39.7 Å². The van der Waals surface area contributed by atoms with Crippen molar-refractivity contribution in [3.05, 3.63) is 23.8 Å². The van der Waals surface area contributed by atoms with E-state index in [-0.39, 0.29) is 5.54 Å². The third-order valence-electron chi connectivity index (χ3n) is 1.99. The number of hydrogen-bond acceptors (Lipinski definition) is 3. The second kappa shape index (κ2) is 5.61. The SMILES string of the molecule is Cc1cnc(CCN=C(N)NC(C)(C)C)cn1. The Labute approximate surface area is 103 Å². The first-order valence-corrected chi connectivity index (χ1v) is 5.72. The fourth-order valence-electron chi connectivity index (χ4n) is 1.26. The lowest BCUT2D eigenvalue weighted by molar-refractivity contribution is 0.508. The summed E-state index contributed by atoms with van der Waals surface area (Å²) in [6.45, 7) is 8.66. The first kappa shape index (κ1) is 13.4. The number of aliphatic imine (C=N–C) groups is 1. The van der Waals surface area contributed by atoms with Crippen molar-refractivity contribution in [1.29, 1.82) is 0 Å². The summed E-state index contributed by atoms with van der Waals surface area (Å²) in [4.78, 5) is 12.7. The molecular weight excluding hydrogens is 214 g/mol. The van der Waals surface area contributed by atoms with Crippen molar-refractivity contribution in [2.75, 3.05) is 6.54 Å². The van der Waals surface area contributed by atoms with Crippen LogP contribution in [-0.4, -0.2) is 28.0 Å². The number of nitrogens with one attached hydrogen (secondary N) is 1. The number of rotatable bonds is 3. The van der Waals surface area contributed by atoms with E-state index in [0.29, 0.717) is 12.5 Å². The molecule has 94 valence electrons. The zero-order valence-corrected chi connectivity index (χ0v) is 11.0. The maximum atomic E-state index is 5.75. The van der Waals surface area contributed by atoms with Gasteiger partial charge in [-0.05, 0) is 27.7 Å². The van der Waals surface area contributed by atoms with Gasteiger partial charge in [-0.1, -0.05) is 0 Å². The molecule has 0 amide bonds. The van der Waals surface area contributed by atoms with Gasteiger partial charge in [-0.25, -0.2) is 0 Å². The summed E-state index contributed by atoms with van der Waals surface area (Å²) in [7, 11) is 0. The van der Waals surface area contributed by atoms with Crippen LogP contribution in [0.3, 0.4) is 0 Å². The van der Waals surface area contributed by atoms with Crippen LogP contribution in [0.4, 0.5) is 0 Å². The van der Waals surface area contributed by atoms with Crippen LogP contribution < -0.4 is 11.1 Å². The summed E-state index contributed by atoms with van der Waals surface area (Å²) < 4.78 is 0. The lowest BCUT2D eigenvalue weighted by Gasteiger charge is -2.20. The molecule has 0 radical (unpaired) electrons. The summed E-state index contributed by atoms with van der Waals surface area (Å²) in [6.07, 6.45) is 4.29. The molecule has 1 aromatic rings. The average Bonchev–Trinajstić information content (AvgIpc) is 2.18. The van der Waals surface area contributed by atoms with Gasteiger partial charge in [-0.15, -0.1) is 0 Å². The van der Waals surface area contributed by atoms with E-state index < -0.39 is 0 Å². The third kappa shape index (κ3) is 5.85. The molecule has 3 N–H and O–H groups in total. The van der Waals surface area contributed by atoms with E-state index >= 15 is 0 Å². The molecule has 0 bridgehead atoms. The summed E-state index contributed by atoms with van der Waals surface area (Å²) in [6, 6.07) is 0. The normalized spacial score (nSPS) is 12.6. The molecule has 0 aliphatic carbocycles. The quantitative estimate of drug-likeness (QED) is 0.606. The van der Waals surface area contributed by atoms with E-state index in [1.807, 2.05) is 27.7 Å². The van der Waals surface area contributed by atoms with Crippen LogP contribution in [0.2, 0.25) is 0 Å². The highest BCUT2D eigenvalue weighted by atomic mass is 15.1. The van der Waals surface area contributed by atoms with Gasteiger partial charge in [0.1, 0.15) is 0 Å². The van der Waals surface area contributed by atoms with Crippen molar-refractivity contribution >= 4 is 5.96 Å². The molecule has 5 nitrogen and oxygen atoms in total. The highest BCUT2D eigenvalue weighted by molar-refractivity contribution is 5.78. The van der Waals surface area contributed by atoms with Gasteiger partial charge in [0, 0.05) is 30.9 Å². The Balaban J connectivity index is 2.41. The predicted octanol–water partition coefficient (Wildman–Crippen LogP) is 1.03. The molecule has 1 heterocycles. The summed E-state index contributed by atoms with van der Waals surface area (Å²) in [5.41, 5.74) is 7.55. The van der Waals surface area contributed by atoms with E-state index in [4.69, 9.17) is 5.73 Å². The van der Waals surface area contributed by atoms with Gasteiger partial charge in [0.05, 0.1) is 11.4 Å². The molecule has 0 saturated carbocycles. The lowest BCUT2D eigenvalue weighted by atomic mass is 10.1. The molecule has 0 spiro atoms. The van der Waals surface area contributed by atoms with Gasteiger partial charge in [-0.2, -0.15) is 0 Å². The maximum Gasteiger partial charge on any atom is 0.188 e. The summed E-state index contributed by atoms with van der Waals surface area (Å²) >= 11 is 0. The number of guanidine groups is 1. The molecular formula is C12H21N5. The number of aromatic nitrogens is 2. The molecule has 1 rings (SSSR count).